The van der Waals surface area contributed by atoms with E-state index < -0.39 is 0 Å². The third-order valence-corrected chi connectivity index (χ3v) is 4.91. The van der Waals surface area contributed by atoms with Gasteiger partial charge in [0.15, 0.2) is 0 Å². The summed E-state index contributed by atoms with van der Waals surface area (Å²) in [5.74, 6) is -0.252. The number of benzene rings is 3. The van der Waals surface area contributed by atoms with E-state index in [1.807, 2.05) is 53.9 Å². The third-order valence-electron chi connectivity index (χ3n) is 4.18. The van der Waals surface area contributed by atoms with E-state index in [2.05, 4.69) is 17.5 Å². The average molecular weight is 332 g/mol. The zero-order valence-corrected chi connectivity index (χ0v) is 13.9. The van der Waals surface area contributed by atoms with Crippen molar-refractivity contribution in [3.63, 3.8) is 0 Å². The first-order valence-corrected chi connectivity index (χ1v) is 8.86. The summed E-state index contributed by atoms with van der Waals surface area (Å²) in [7, 11) is 0. The molecule has 1 aromatic heterocycles. The Labute approximate surface area is 144 Å². The molecule has 0 fully saturated rings. The molecule has 4 aromatic rings. The van der Waals surface area contributed by atoms with Gasteiger partial charge in [0, 0.05) is 6.42 Å². The number of carbonyl (C=O) groups is 1. The van der Waals surface area contributed by atoms with Gasteiger partial charge in [0.1, 0.15) is 0 Å². The van der Waals surface area contributed by atoms with Crippen LogP contribution in [-0.2, 0) is 11.2 Å². The van der Waals surface area contributed by atoms with Gasteiger partial charge in [-0.15, -0.1) is 0 Å². The molecular weight excluding hydrogens is 316 g/mol. The first-order valence-electron chi connectivity index (χ1n) is 7.91. The van der Waals surface area contributed by atoms with Gasteiger partial charge < -0.3 is 4.74 Å². The van der Waals surface area contributed by atoms with Crippen LogP contribution >= 0.6 is 11.3 Å². The van der Waals surface area contributed by atoms with E-state index in [-0.39, 0.29) is 5.97 Å². The maximum absolute atomic E-state index is 12.8. The zero-order valence-electron chi connectivity index (χ0n) is 13.1. The van der Waals surface area contributed by atoms with E-state index in [0.717, 1.165) is 28.0 Å². The quantitative estimate of drug-likeness (QED) is 0.367. The molecule has 0 saturated heterocycles. The predicted molar refractivity (Wildman–Crippen MR) is 99.8 cm³/mol. The lowest BCUT2D eigenvalue weighted by Gasteiger charge is -2.11. The van der Waals surface area contributed by atoms with Crippen LogP contribution in [0.1, 0.15) is 15.9 Å². The Morgan fingerprint density at radius 2 is 1.58 bits per heavy atom. The van der Waals surface area contributed by atoms with Gasteiger partial charge in [-0.2, -0.15) is 11.3 Å². The van der Waals surface area contributed by atoms with Gasteiger partial charge >= 0.3 is 5.97 Å². The van der Waals surface area contributed by atoms with Crippen molar-refractivity contribution in [3.8, 4) is 0 Å². The molecule has 0 N–H and O–H groups in total. The molecule has 1 heterocycles. The van der Waals surface area contributed by atoms with Crippen LogP contribution in [0, 0.1) is 0 Å². The third kappa shape index (κ3) is 2.79. The predicted octanol–water partition coefficient (Wildman–Crippen LogP) is 5.45. The molecule has 4 rings (SSSR count). The molecular formula is C21H16O2S. The Bertz CT molecular complexity index is 949. The highest BCUT2D eigenvalue weighted by Crippen LogP contribution is 2.29. The fourth-order valence-corrected chi connectivity index (χ4v) is 3.71. The Morgan fingerprint density at radius 1 is 0.917 bits per heavy atom. The van der Waals surface area contributed by atoms with E-state index in [1.165, 1.54) is 5.56 Å². The lowest BCUT2D eigenvalue weighted by atomic mass is 9.97. The minimum Gasteiger partial charge on any atom is -0.462 e. The molecule has 0 unspecified atom stereocenters. The van der Waals surface area contributed by atoms with Crippen LogP contribution in [0.5, 0.6) is 0 Å². The van der Waals surface area contributed by atoms with Crippen LogP contribution < -0.4 is 0 Å². The second-order valence-electron chi connectivity index (χ2n) is 5.71. The highest BCUT2D eigenvalue weighted by Gasteiger charge is 2.16. The van der Waals surface area contributed by atoms with Crippen molar-refractivity contribution < 1.29 is 9.53 Å². The summed E-state index contributed by atoms with van der Waals surface area (Å²) in [5, 5.41) is 8.12. The maximum atomic E-state index is 12.8. The molecule has 0 aliphatic carbocycles. The smallest absolute Gasteiger partial charge is 0.339 e. The lowest BCUT2D eigenvalue weighted by molar-refractivity contribution is 0.0514. The summed E-state index contributed by atoms with van der Waals surface area (Å²) in [6, 6.07) is 20.1. The number of esters is 1. The van der Waals surface area contributed by atoms with Crippen LogP contribution in [0.2, 0.25) is 0 Å². The van der Waals surface area contributed by atoms with E-state index in [0.29, 0.717) is 12.2 Å². The average Bonchev–Trinajstić information content (AvgIpc) is 3.13. The summed E-state index contributed by atoms with van der Waals surface area (Å²) in [5.41, 5.74) is 1.87. The molecule has 0 aliphatic heterocycles. The van der Waals surface area contributed by atoms with Crippen LogP contribution in [0.25, 0.3) is 21.5 Å². The standard InChI is InChI=1S/C21H16O2S/c22-21(23-11-9-15-10-12-24-14-15)20-18-7-3-1-5-16(18)13-17-6-2-4-8-19(17)20/h1-8,10,12-14H,9,11H2. The largest absolute Gasteiger partial charge is 0.462 e. The zero-order chi connectivity index (χ0) is 16.4. The number of rotatable bonds is 4. The van der Waals surface area contributed by atoms with Crippen LogP contribution in [0.15, 0.2) is 71.4 Å². The molecule has 3 heteroatoms. The summed E-state index contributed by atoms with van der Waals surface area (Å²) in [4.78, 5) is 12.8. The second-order valence-corrected chi connectivity index (χ2v) is 6.49. The molecule has 3 aromatic carbocycles. The maximum Gasteiger partial charge on any atom is 0.339 e. The summed E-state index contributed by atoms with van der Waals surface area (Å²) in [6.45, 7) is 0.396. The second kappa shape index (κ2) is 6.46. The van der Waals surface area contributed by atoms with Gasteiger partial charge in [0.2, 0.25) is 0 Å². The SMILES string of the molecule is O=C(OCCc1ccsc1)c1c2ccccc2cc2ccccc12. The molecule has 0 aliphatic rings. The highest BCUT2D eigenvalue weighted by atomic mass is 32.1. The first-order chi connectivity index (χ1) is 11.8. The first kappa shape index (κ1) is 14.9. The number of thiophene rings is 1. The number of hydrogen-bond acceptors (Lipinski definition) is 3. The van der Waals surface area contributed by atoms with Crippen LogP contribution in [0.3, 0.4) is 0 Å². The molecule has 0 atom stereocenters. The van der Waals surface area contributed by atoms with Gasteiger partial charge in [-0.25, -0.2) is 4.79 Å². The van der Waals surface area contributed by atoms with Crippen molar-refractivity contribution in [1.82, 2.24) is 0 Å². The number of fused-ring (bicyclic) bond motifs is 2. The van der Waals surface area contributed by atoms with Crippen molar-refractivity contribution in [3.05, 3.63) is 82.6 Å². The summed E-state index contributed by atoms with van der Waals surface area (Å²) < 4.78 is 5.58. The normalized spacial score (nSPS) is 11.0. The Morgan fingerprint density at radius 3 is 2.21 bits per heavy atom. The monoisotopic (exact) mass is 332 g/mol. The fraction of sp³-hybridized carbons (Fsp3) is 0.0952. The Kier molecular flexibility index (Phi) is 4.01. The van der Waals surface area contributed by atoms with Crippen molar-refractivity contribution in [1.29, 1.82) is 0 Å². The van der Waals surface area contributed by atoms with Crippen LogP contribution in [-0.4, -0.2) is 12.6 Å². The van der Waals surface area contributed by atoms with Gasteiger partial charge in [-0.3, -0.25) is 0 Å². The van der Waals surface area contributed by atoms with Gasteiger partial charge in [-0.1, -0.05) is 48.5 Å². The summed E-state index contributed by atoms with van der Waals surface area (Å²) in [6.07, 6.45) is 0.748. The van der Waals surface area contributed by atoms with Gasteiger partial charge in [0.05, 0.1) is 12.2 Å². The van der Waals surface area contributed by atoms with E-state index in [1.54, 1.807) is 11.3 Å². The molecule has 0 saturated carbocycles. The van der Waals surface area contributed by atoms with Crippen molar-refractivity contribution in [2.45, 2.75) is 6.42 Å². The summed E-state index contributed by atoms with van der Waals surface area (Å²) >= 11 is 1.66. The Balaban J connectivity index is 1.71. The highest BCUT2D eigenvalue weighted by molar-refractivity contribution is 7.07. The molecule has 0 spiro atoms. The van der Waals surface area contributed by atoms with Crippen molar-refractivity contribution in [2.75, 3.05) is 6.61 Å². The molecule has 118 valence electrons. The Hall–Kier alpha value is -2.65. The van der Waals surface area contributed by atoms with Gasteiger partial charge in [0.25, 0.3) is 0 Å². The fourth-order valence-electron chi connectivity index (χ4n) is 3.00. The molecule has 0 radical (unpaired) electrons. The molecule has 0 bridgehead atoms. The minimum absolute atomic E-state index is 0.252. The van der Waals surface area contributed by atoms with Crippen molar-refractivity contribution in [2.24, 2.45) is 0 Å². The topological polar surface area (TPSA) is 26.3 Å². The van der Waals surface area contributed by atoms with Gasteiger partial charge in [-0.05, 0) is 50.0 Å². The van der Waals surface area contributed by atoms with Crippen LogP contribution in [0.4, 0.5) is 0 Å². The lowest BCUT2D eigenvalue weighted by Crippen LogP contribution is -2.09. The van der Waals surface area contributed by atoms with E-state index >= 15 is 0 Å². The number of ether oxygens (including phenoxy) is 1. The molecule has 24 heavy (non-hydrogen) atoms. The molecule has 2 nitrogen and oxygen atoms in total. The van der Waals surface area contributed by atoms with E-state index in [9.17, 15) is 4.79 Å². The molecule has 0 amide bonds. The van der Waals surface area contributed by atoms with Crippen molar-refractivity contribution >= 4 is 38.9 Å². The van der Waals surface area contributed by atoms with E-state index in [4.69, 9.17) is 4.74 Å². The number of hydrogen-bond donors (Lipinski definition) is 0. The number of carbonyl (C=O) groups excluding carboxylic acids is 1. The minimum atomic E-state index is -0.252.